The highest BCUT2D eigenvalue weighted by Gasteiger charge is 2.28. The summed E-state index contributed by atoms with van der Waals surface area (Å²) in [6, 6.07) is 5.34. The first kappa shape index (κ1) is 25.7. The monoisotopic (exact) mass is 490 g/mol. The summed E-state index contributed by atoms with van der Waals surface area (Å²) in [5.41, 5.74) is -0.282. The molecule has 2 fully saturated rings. The zero-order chi connectivity index (χ0) is 24.9. The summed E-state index contributed by atoms with van der Waals surface area (Å²) in [6.07, 6.45) is 10.1. The van der Waals surface area contributed by atoms with Gasteiger partial charge in [-0.2, -0.15) is 4.39 Å². The lowest BCUT2D eigenvalue weighted by atomic mass is 9.76. The summed E-state index contributed by atoms with van der Waals surface area (Å²) < 4.78 is 69.9. The summed E-state index contributed by atoms with van der Waals surface area (Å²) >= 11 is 0. The van der Waals surface area contributed by atoms with Gasteiger partial charge in [0, 0.05) is 17.0 Å². The van der Waals surface area contributed by atoms with Crippen molar-refractivity contribution in [2.45, 2.75) is 70.3 Å². The Hall–Kier alpha value is -2.34. The normalized spacial score (nSPS) is 24.8. The molecule has 2 nitrogen and oxygen atoms in total. The maximum Gasteiger partial charge on any atom is 0.201 e. The minimum absolute atomic E-state index is 0.0732. The average Bonchev–Trinajstić information content (AvgIpc) is 2.88. The van der Waals surface area contributed by atoms with Crippen LogP contribution in [0.4, 0.5) is 17.6 Å². The molecule has 1 saturated carbocycles. The molecule has 0 N–H and O–H groups in total. The van der Waals surface area contributed by atoms with E-state index >= 15 is 8.78 Å². The highest BCUT2D eigenvalue weighted by molar-refractivity contribution is 5.66. The first-order chi connectivity index (χ1) is 16.9. The third-order valence-electron chi connectivity index (χ3n) is 7.67. The Labute approximate surface area is 205 Å². The quantitative estimate of drug-likeness (QED) is 0.273. The lowest BCUT2D eigenvalue weighted by molar-refractivity contribution is -0.0120. The van der Waals surface area contributed by atoms with Crippen LogP contribution in [-0.2, 0) is 4.74 Å². The Morgan fingerprint density at radius 2 is 1.54 bits per heavy atom. The Bertz CT molecular complexity index is 1020. The highest BCUT2D eigenvalue weighted by Crippen LogP contribution is 2.41. The van der Waals surface area contributed by atoms with Crippen molar-refractivity contribution < 1.29 is 27.0 Å². The van der Waals surface area contributed by atoms with Crippen LogP contribution in [0.3, 0.4) is 0 Å². The van der Waals surface area contributed by atoms with Gasteiger partial charge in [0.1, 0.15) is 0 Å². The molecular weight excluding hydrogens is 456 g/mol. The molecule has 2 unspecified atom stereocenters. The fourth-order valence-corrected chi connectivity index (χ4v) is 5.52. The molecule has 4 rings (SSSR count). The van der Waals surface area contributed by atoms with E-state index < -0.39 is 23.3 Å². The van der Waals surface area contributed by atoms with Crippen molar-refractivity contribution in [3.8, 4) is 16.9 Å². The number of hydrogen-bond acceptors (Lipinski definition) is 2. The van der Waals surface area contributed by atoms with Crippen LogP contribution in [0, 0.1) is 35.1 Å². The first-order valence-electron chi connectivity index (χ1n) is 12.8. The van der Waals surface area contributed by atoms with Crippen LogP contribution in [0.2, 0.25) is 0 Å². The van der Waals surface area contributed by atoms with Crippen LogP contribution in [0.5, 0.6) is 5.75 Å². The van der Waals surface area contributed by atoms with Crippen molar-refractivity contribution in [1.29, 1.82) is 0 Å². The van der Waals surface area contributed by atoms with Gasteiger partial charge in [-0.05, 0) is 87.8 Å². The maximum absolute atomic E-state index is 15.1. The lowest BCUT2D eigenvalue weighted by Crippen LogP contribution is -2.25. The van der Waals surface area contributed by atoms with Gasteiger partial charge >= 0.3 is 0 Å². The van der Waals surface area contributed by atoms with Crippen LogP contribution in [0.25, 0.3) is 11.1 Å². The first-order valence-corrected chi connectivity index (χ1v) is 12.8. The van der Waals surface area contributed by atoms with Gasteiger partial charge in [0.05, 0.1) is 19.3 Å². The summed E-state index contributed by atoms with van der Waals surface area (Å²) in [5.74, 6) is -3.84. The molecule has 0 amide bonds. The van der Waals surface area contributed by atoms with Gasteiger partial charge in [-0.3, -0.25) is 0 Å². The van der Waals surface area contributed by atoms with Crippen LogP contribution in [0.1, 0.15) is 69.8 Å². The van der Waals surface area contributed by atoms with Crippen LogP contribution in [-0.4, -0.2) is 19.3 Å². The minimum Gasteiger partial charge on any atom is -0.491 e. The average molecular weight is 491 g/mol. The zero-order valence-electron chi connectivity index (χ0n) is 20.3. The van der Waals surface area contributed by atoms with E-state index in [9.17, 15) is 8.78 Å². The van der Waals surface area contributed by atoms with Gasteiger partial charge in [0.15, 0.2) is 23.2 Å². The SMILES string of the molecule is C=CC1CCC(CCC2CCC(c3ccc(-c4ccc(OCC)c(F)c4F)c(F)c3F)CC2)OC1. The molecule has 0 bridgehead atoms. The standard InChI is InChI=1S/C29H34F4O2/c1-3-18-7-11-21(35-17-18)12-8-19-5-9-20(10-6-19)22-13-14-23(27(31)26(22)30)24-15-16-25(34-4-2)29(33)28(24)32/h3,13-16,18-21H,1,4-12,17H2,2H3. The van der Waals surface area contributed by atoms with E-state index in [-0.39, 0.29) is 29.4 Å². The molecule has 6 heteroatoms. The molecular formula is C29H34F4O2. The second kappa shape index (κ2) is 11.6. The predicted molar refractivity (Wildman–Crippen MR) is 129 cm³/mol. The van der Waals surface area contributed by atoms with E-state index in [0.717, 1.165) is 58.0 Å². The van der Waals surface area contributed by atoms with Crippen LogP contribution >= 0.6 is 0 Å². The molecule has 2 aromatic rings. The lowest BCUT2D eigenvalue weighted by Gasteiger charge is -2.32. The Kier molecular flexibility index (Phi) is 8.53. The molecule has 0 spiro atoms. The van der Waals surface area contributed by atoms with Crippen molar-refractivity contribution >= 4 is 0 Å². The van der Waals surface area contributed by atoms with E-state index in [2.05, 4.69) is 6.58 Å². The third-order valence-corrected chi connectivity index (χ3v) is 7.67. The molecule has 1 saturated heterocycles. The maximum atomic E-state index is 15.1. The Morgan fingerprint density at radius 3 is 2.17 bits per heavy atom. The minimum atomic E-state index is -1.25. The van der Waals surface area contributed by atoms with Crippen molar-refractivity contribution in [2.24, 2.45) is 11.8 Å². The molecule has 190 valence electrons. The van der Waals surface area contributed by atoms with E-state index in [1.54, 1.807) is 6.92 Å². The number of hydrogen-bond donors (Lipinski definition) is 0. The number of benzene rings is 2. The van der Waals surface area contributed by atoms with E-state index in [1.807, 2.05) is 6.08 Å². The van der Waals surface area contributed by atoms with Crippen molar-refractivity contribution in [3.63, 3.8) is 0 Å². The Balaban J connectivity index is 1.37. The van der Waals surface area contributed by atoms with Gasteiger partial charge in [0.2, 0.25) is 5.82 Å². The summed E-state index contributed by atoms with van der Waals surface area (Å²) in [7, 11) is 0. The van der Waals surface area contributed by atoms with Gasteiger partial charge in [-0.25, -0.2) is 13.2 Å². The van der Waals surface area contributed by atoms with Crippen molar-refractivity contribution in [1.82, 2.24) is 0 Å². The highest BCUT2D eigenvalue weighted by atomic mass is 19.2. The molecule has 2 aromatic carbocycles. The van der Waals surface area contributed by atoms with Crippen LogP contribution in [0.15, 0.2) is 36.9 Å². The molecule has 1 aliphatic heterocycles. The molecule has 2 atom stereocenters. The molecule has 1 heterocycles. The molecule has 2 aliphatic rings. The molecule has 35 heavy (non-hydrogen) atoms. The topological polar surface area (TPSA) is 18.5 Å². The number of rotatable bonds is 8. The van der Waals surface area contributed by atoms with E-state index in [0.29, 0.717) is 23.5 Å². The molecule has 0 aromatic heterocycles. The van der Waals surface area contributed by atoms with Gasteiger partial charge in [-0.1, -0.05) is 18.2 Å². The van der Waals surface area contributed by atoms with Crippen LogP contribution < -0.4 is 4.74 Å². The zero-order valence-corrected chi connectivity index (χ0v) is 20.3. The van der Waals surface area contributed by atoms with E-state index in [4.69, 9.17) is 9.47 Å². The summed E-state index contributed by atoms with van der Waals surface area (Å²) in [5, 5.41) is 0. The predicted octanol–water partition coefficient (Wildman–Crippen LogP) is 8.34. The summed E-state index contributed by atoms with van der Waals surface area (Å²) in [6.45, 7) is 6.42. The largest absolute Gasteiger partial charge is 0.491 e. The second-order valence-electron chi connectivity index (χ2n) is 9.83. The number of halogens is 4. The van der Waals surface area contributed by atoms with Gasteiger partial charge in [0.25, 0.3) is 0 Å². The van der Waals surface area contributed by atoms with Crippen molar-refractivity contribution in [2.75, 3.05) is 13.2 Å². The fourth-order valence-electron chi connectivity index (χ4n) is 5.52. The van der Waals surface area contributed by atoms with Gasteiger partial charge < -0.3 is 9.47 Å². The molecule has 0 radical (unpaired) electrons. The fraction of sp³-hybridized carbons (Fsp3) is 0.517. The smallest absolute Gasteiger partial charge is 0.201 e. The third kappa shape index (κ3) is 5.74. The molecule has 1 aliphatic carbocycles. The number of ether oxygens (including phenoxy) is 2. The van der Waals surface area contributed by atoms with Gasteiger partial charge in [-0.15, -0.1) is 6.58 Å². The Morgan fingerprint density at radius 1 is 0.857 bits per heavy atom. The summed E-state index contributed by atoms with van der Waals surface area (Å²) in [4.78, 5) is 0. The van der Waals surface area contributed by atoms with Crippen molar-refractivity contribution in [3.05, 3.63) is 65.8 Å². The second-order valence-corrected chi connectivity index (χ2v) is 9.83. The van der Waals surface area contributed by atoms with E-state index in [1.165, 1.54) is 24.3 Å².